The third-order valence-corrected chi connectivity index (χ3v) is 8.65. The Bertz CT molecular complexity index is 1160. The molecule has 1 aliphatic carbocycles. The van der Waals surface area contributed by atoms with Gasteiger partial charge in [-0.1, -0.05) is 49.6 Å². The summed E-state index contributed by atoms with van der Waals surface area (Å²) in [6, 6.07) is 12.4. The van der Waals surface area contributed by atoms with Crippen molar-refractivity contribution in [2.24, 2.45) is 11.7 Å². The van der Waals surface area contributed by atoms with Crippen LogP contribution in [0.3, 0.4) is 0 Å². The molecule has 36 heavy (non-hydrogen) atoms. The lowest BCUT2D eigenvalue weighted by Gasteiger charge is -2.38. The van der Waals surface area contributed by atoms with Crippen LogP contribution in [0.5, 0.6) is 0 Å². The summed E-state index contributed by atoms with van der Waals surface area (Å²) in [4.78, 5) is 19.8. The van der Waals surface area contributed by atoms with Crippen LogP contribution in [0.25, 0.3) is 10.8 Å². The second-order valence-corrected chi connectivity index (χ2v) is 11.4. The molecule has 2 amide bonds. The lowest BCUT2D eigenvalue weighted by Crippen LogP contribution is -2.55. The molecule has 1 saturated heterocycles. The summed E-state index contributed by atoms with van der Waals surface area (Å²) in [6.45, 7) is 1.52. The van der Waals surface area contributed by atoms with Gasteiger partial charge in [-0.05, 0) is 54.5 Å². The Balaban J connectivity index is 0.00000361. The maximum absolute atomic E-state index is 13.6. The van der Waals surface area contributed by atoms with E-state index in [1.807, 2.05) is 24.3 Å². The molecule has 4 rings (SSSR count). The summed E-state index contributed by atoms with van der Waals surface area (Å²) >= 11 is 0. The van der Waals surface area contributed by atoms with E-state index >= 15 is 0 Å². The Hall–Kier alpha value is -2.56. The third-order valence-electron chi connectivity index (χ3n) is 7.31. The van der Waals surface area contributed by atoms with Crippen LogP contribution >= 0.6 is 12.4 Å². The van der Waals surface area contributed by atoms with Gasteiger partial charge in [-0.25, -0.2) is 18.2 Å². The number of nitrogens with two attached hydrogens (primary N) is 1. The van der Waals surface area contributed by atoms with Gasteiger partial charge in [-0.2, -0.15) is 0 Å². The number of guanidine groups is 1. The monoisotopic (exact) mass is 536 g/mol. The number of sulfonamides is 1. The summed E-state index contributed by atoms with van der Waals surface area (Å²) in [7, 11) is -2.20. The van der Waals surface area contributed by atoms with Crippen molar-refractivity contribution in [3.63, 3.8) is 0 Å². The molecule has 2 fully saturated rings. The molecule has 9 nitrogen and oxygen atoms in total. The highest BCUT2D eigenvalue weighted by Gasteiger charge is 2.32. The van der Waals surface area contributed by atoms with Crippen LogP contribution in [0.2, 0.25) is 0 Å². The van der Waals surface area contributed by atoms with E-state index in [1.165, 1.54) is 11.4 Å². The standard InChI is InChI=1S/C25H36N6O3S.ClH/c1-29(22-9-3-2-4-10-22)25(32)31(18-19-13-15-30(16-14-19)24(26)27)28-35(33,34)23-12-11-20-7-5-6-8-21(20)17-23;/h5-8,11-12,17,19,22,28H,2-4,9-10,13-16,18H2,1H3,(H3,26,27);1H. The number of nitrogens with one attached hydrogen (secondary N) is 2. The van der Waals surface area contributed by atoms with Gasteiger partial charge in [0.15, 0.2) is 5.96 Å². The highest BCUT2D eigenvalue weighted by atomic mass is 35.5. The Morgan fingerprint density at radius 1 is 1.06 bits per heavy atom. The Morgan fingerprint density at radius 3 is 2.33 bits per heavy atom. The minimum atomic E-state index is -3.97. The summed E-state index contributed by atoms with van der Waals surface area (Å²) in [5.41, 5.74) is 5.62. The van der Waals surface area contributed by atoms with Gasteiger partial charge in [0.05, 0.1) is 4.90 Å². The largest absolute Gasteiger partial charge is 0.370 e. The van der Waals surface area contributed by atoms with Crippen molar-refractivity contribution in [1.29, 1.82) is 5.41 Å². The number of hydrazine groups is 1. The first-order chi connectivity index (χ1) is 16.7. The van der Waals surface area contributed by atoms with Crippen LogP contribution in [0.1, 0.15) is 44.9 Å². The molecule has 0 bridgehead atoms. The molecule has 4 N–H and O–H groups in total. The summed E-state index contributed by atoms with van der Waals surface area (Å²) in [6.07, 6.45) is 6.66. The van der Waals surface area contributed by atoms with E-state index in [1.54, 1.807) is 35.0 Å². The molecule has 2 aromatic rings. The van der Waals surface area contributed by atoms with Crippen molar-refractivity contribution >= 4 is 45.2 Å². The molecule has 0 spiro atoms. The number of amides is 2. The van der Waals surface area contributed by atoms with Gasteiger partial charge in [-0.15, -0.1) is 17.2 Å². The van der Waals surface area contributed by atoms with E-state index in [2.05, 4.69) is 4.83 Å². The van der Waals surface area contributed by atoms with E-state index in [9.17, 15) is 13.2 Å². The second-order valence-electron chi connectivity index (χ2n) is 9.72. The Labute approximate surface area is 219 Å². The number of benzene rings is 2. The number of urea groups is 1. The van der Waals surface area contributed by atoms with Gasteiger partial charge < -0.3 is 15.5 Å². The van der Waals surface area contributed by atoms with Gasteiger partial charge in [0, 0.05) is 32.7 Å². The molecular formula is C25H37ClN6O3S. The number of hydrogen-bond acceptors (Lipinski definition) is 4. The average molecular weight is 537 g/mol. The molecule has 0 atom stereocenters. The normalized spacial score (nSPS) is 17.4. The predicted octanol–water partition coefficient (Wildman–Crippen LogP) is 3.75. The fourth-order valence-electron chi connectivity index (χ4n) is 5.12. The number of fused-ring (bicyclic) bond motifs is 1. The van der Waals surface area contributed by atoms with Gasteiger partial charge >= 0.3 is 6.03 Å². The minimum absolute atomic E-state index is 0. The number of carbonyl (C=O) groups is 1. The van der Waals surface area contributed by atoms with Crippen LogP contribution < -0.4 is 10.6 Å². The quantitative estimate of drug-likeness (QED) is 0.295. The van der Waals surface area contributed by atoms with Crippen LogP contribution in [-0.4, -0.2) is 67.9 Å². The van der Waals surface area contributed by atoms with Crippen LogP contribution in [-0.2, 0) is 10.0 Å². The van der Waals surface area contributed by atoms with Crippen molar-refractivity contribution < 1.29 is 13.2 Å². The third kappa shape index (κ3) is 6.60. The molecular weight excluding hydrogens is 500 g/mol. The van der Waals surface area contributed by atoms with Crippen molar-refractivity contribution in [3.8, 4) is 0 Å². The number of nitrogens with zero attached hydrogens (tertiary/aromatic N) is 3. The number of rotatable bonds is 6. The first-order valence-corrected chi connectivity index (χ1v) is 13.9. The number of likely N-dealkylation sites (tertiary alicyclic amines) is 1. The van der Waals surface area contributed by atoms with Crippen molar-refractivity contribution in [2.75, 3.05) is 26.7 Å². The van der Waals surface area contributed by atoms with Crippen LogP contribution in [0.15, 0.2) is 47.4 Å². The van der Waals surface area contributed by atoms with Crippen molar-refractivity contribution in [3.05, 3.63) is 42.5 Å². The SMILES string of the molecule is CN(C(=O)N(CC1CCN(C(=N)N)CC1)NS(=O)(=O)c1ccc2ccccc2c1)C1CCCCC1.Cl. The highest BCUT2D eigenvalue weighted by Crippen LogP contribution is 2.25. The van der Waals surface area contributed by atoms with Crippen molar-refractivity contribution in [1.82, 2.24) is 19.6 Å². The zero-order valence-electron chi connectivity index (χ0n) is 20.7. The van der Waals surface area contributed by atoms with E-state index in [0.29, 0.717) is 13.1 Å². The van der Waals surface area contributed by atoms with Gasteiger partial charge in [0.1, 0.15) is 0 Å². The molecule has 0 unspecified atom stereocenters. The first-order valence-electron chi connectivity index (χ1n) is 12.4. The van der Waals surface area contributed by atoms with E-state index in [-0.39, 0.29) is 47.8 Å². The zero-order chi connectivity index (χ0) is 25.0. The smallest absolute Gasteiger partial charge is 0.335 e. The van der Waals surface area contributed by atoms with E-state index in [0.717, 1.165) is 49.3 Å². The molecule has 1 heterocycles. The number of hydrogen-bond donors (Lipinski definition) is 3. The lowest BCUT2D eigenvalue weighted by atomic mass is 9.94. The van der Waals surface area contributed by atoms with E-state index in [4.69, 9.17) is 11.1 Å². The van der Waals surface area contributed by atoms with Crippen molar-refractivity contribution in [2.45, 2.75) is 55.9 Å². The highest BCUT2D eigenvalue weighted by molar-refractivity contribution is 7.89. The maximum atomic E-state index is 13.6. The zero-order valence-corrected chi connectivity index (χ0v) is 22.4. The van der Waals surface area contributed by atoms with Gasteiger partial charge in [-0.3, -0.25) is 5.41 Å². The predicted molar refractivity (Wildman–Crippen MR) is 144 cm³/mol. The molecule has 1 saturated carbocycles. The first kappa shape index (κ1) is 28.0. The fraction of sp³-hybridized carbons (Fsp3) is 0.520. The Kier molecular flexibility index (Phi) is 9.43. The Morgan fingerprint density at radius 2 is 1.69 bits per heavy atom. The summed E-state index contributed by atoms with van der Waals surface area (Å²) in [5, 5.41) is 10.7. The average Bonchev–Trinajstić information content (AvgIpc) is 2.87. The number of halogens is 1. The second kappa shape index (κ2) is 12.1. The molecule has 11 heteroatoms. The van der Waals surface area contributed by atoms with Gasteiger partial charge in [0.25, 0.3) is 10.0 Å². The molecule has 0 aromatic heterocycles. The van der Waals surface area contributed by atoms with Crippen LogP contribution in [0, 0.1) is 11.3 Å². The van der Waals surface area contributed by atoms with Crippen LogP contribution in [0.4, 0.5) is 4.79 Å². The minimum Gasteiger partial charge on any atom is -0.370 e. The summed E-state index contributed by atoms with van der Waals surface area (Å²) in [5.74, 6) is 0.152. The molecule has 1 aliphatic heterocycles. The number of piperidine rings is 1. The fourth-order valence-corrected chi connectivity index (χ4v) is 6.19. The molecule has 198 valence electrons. The molecule has 2 aliphatic rings. The summed E-state index contributed by atoms with van der Waals surface area (Å²) < 4.78 is 26.8. The molecule has 2 aromatic carbocycles. The van der Waals surface area contributed by atoms with Gasteiger partial charge in [0.2, 0.25) is 0 Å². The lowest BCUT2D eigenvalue weighted by molar-refractivity contribution is 0.111. The number of carbonyl (C=O) groups excluding carboxylic acids is 1. The van der Waals surface area contributed by atoms with E-state index < -0.39 is 10.0 Å². The maximum Gasteiger partial charge on any atom is 0.335 e. The topological polar surface area (TPSA) is 123 Å². The molecule has 0 radical (unpaired) electrons.